The number of hydrogen-bond donors (Lipinski definition) is 0. The molecule has 1 saturated heterocycles. The molecular weight excluding hydrogens is 332 g/mol. The van der Waals surface area contributed by atoms with Gasteiger partial charge in [-0.2, -0.15) is 0 Å². The van der Waals surface area contributed by atoms with Crippen LogP contribution in [0.5, 0.6) is 0 Å². The Morgan fingerprint density at radius 3 is 2.48 bits per heavy atom. The predicted molar refractivity (Wildman–Crippen MR) is 109 cm³/mol. The van der Waals surface area contributed by atoms with Gasteiger partial charge in [0.25, 0.3) is 0 Å². The summed E-state index contributed by atoms with van der Waals surface area (Å²) in [6, 6.07) is 17.4. The molecule has 1 unspecified atom stereocenters. The lowest BCUT2D eigenvalue weighted by Gasteiger charge is -2.42. The van der Waals surface area contributed by atoms with E-state index in [0.717, 1.165) is 31.7 Å². The minimum atomic E-state index is 0.0924. The normalized spacial score (nSPS) is 24.1. The Kier molecular flexibility index (Phi) is 4.08. The van der Waals surface area contributed by atoms with Crippen molar-refractivity contribution in [2.75, 3.05) is 31.6 Å². The van der Waals surface area contributed by atoms with Gasteiger partial charge in [-0.25, -0.2) is 0 Å². The number of fused-ring (bicyclic) bond motifs is 3. The summed E-state index contributed by atoms with van der Waals surface area (Å²) in [5.74, 6) is 0.370. The van der Waals surface area contributed by atoms with E-state index in [0.29, 0.717) is 5.41 Å². The molecule has 0 saturated carbocycles. The van der Waals surface area contributed by atoms with Crippen LogP contribution >= 0.6 is 0 Å². The second-order valence-corrected chi connectivity index (χ2v) is 8.67. The number of benzene rings is 2. The number of carbonyl (C=O) groups excluding carboxylic acids is 1. The highest BCUT2D eigenvalue weighted by Gasteiger charge is 2.41. The maximum Gasteiger partial charge on any atom is 0.231 e. The van der Waals surface area contributed by atoms with E-state index in [2.05, 4.69) is 47.4 Å². The van der Waals surface area contributed by atoms with Gasteiger partial charge in [-0.15, -0.1) is 0 Å². The average molecular weight is 361 g/mol. The molecule has 0 bridgehead atoms. The summed E-state index contributed by atoms with van der Waals surface area (Å²) < 4.78 is 0. The van der Waals surface area contributed by atoms with Crippen LogP contribution in [0, 0.1) is 5.92 Å². The van der Waals surface area contributed by atoms with Crippen LogP contribution in [0.15, 0.2) is 48.5 Å². The van der Waals surface area contributed by atoms with E-state index >= 15 is 0 Å². The molecule has 1 atom stereocenters. The van der Waals surface area contributed by atoms with E-state index in [1.807, 2.05) is 18.0 Å². The zero-order valence-corrected chi connectivity index (χ0v) is 16.2. The van der Waals surface area contributed by atoms with Crippen LogP contribution < -0.4 is 4.90 Å². The van der Waals surface area contributed by atoms with E-state index in [4.69, 9.17) is 0 Å². The van der Waals surface area contributed by atoms with Gasteiger partial charge in [0, 0.05) is 19.3 Å². The van der Waals surface area contributed by atoms with Crippen molar-refractivity contribution >= 4 is 11.6 Å². The van der Waals surface area contributed by atoms with Gasteiger partial charge in [0.15, 0.2) is 0 Å². The lowest BCUT2D eigenvalue weighted by atomic mass is 9.73. The Morgan fingerprint density at radius 2 is 1.67 bits per heavy atom. The minimum absolute atomic E-state index is 0.0924. The van der Waals surface area contributed by atoms with Gasteiger partial charge in [-0.05, 0) is 73.4 Å². The fraction of sp³-hybridized carbons (Fsp3) is 0.458. The van der Waals surface area contributed by atoms with Crippen LogP contribution in [-0.2, 0) is 23.1 Å². The molecule has 3 aliphatic rings. The SMILES string of the molecule is CN1C(=O)C(CN2CCC3(CCc4ccccc43)CC2)Cc2ccccc21. The van der Waals surface area contributed by atoms with E-state index in [1.165, 1.54) is 31.2 Å². The molecule has 2 heterocycles. The molecule has 2 aliphatic heterocycles. The molecule has 3 heteroatoms. The van der Waals surface area contributed by atoms with Crippen LogP contribution in [0.4, 0.5) is 5.69 Å². The Labute approximate surface area is 162 Å². The first-order valence-corrected chi connectivity index (χ1v) is 10.3. The highest BCUT2D eigenvalue weighted by molar-refractivity contribution is 5.97. The van der Waals surface area contributed by atoms with Gasteiger partial charge in [-0.1, -0.05) is 42.5 Å². The topological polar surface area (TPSA) is 23.6 Å². The number of rotatable bonds is 2. The number of para-hydroxylation sites is 1. The minimum Gasteiger partial charge on any atom is -0.315 e. The summed E-state index contributed by atoms with van der Waals surface area (Å²) in [5.41, 5.74) is 5.95. The largest absolute Gasteiger partial charge is 0.315 e. The van der Waals surface area contributed by atoms with Crippen LogP contribution in [-0.4, -0.2) is 37.5 Å². The molecule has 1 fully saturated rings. The maximum absolute atomic E-state index is 12.9. The standard InChI is InChI=1S/C24H28N2O/c1-25-22-9-5-3-7-19(22)16-20(23(25)27)17-26-14-12-24(13-15-26)11-10-18-6-2-4-8-21(18)24/h2-9,20H,10-17H2,1H3. The highest BCUT2D eigenvalue weighted by atomic mass is 16.2. The monoisotopic (exact) mass is 360 g/mol. The summed E-state index contributed by atoms with van der Waals surface area (Å²) in [4.78, 5) is 17.3. The second kappa shape index (κ2) is 6.49. The van der Waals surface area contributed by atoms with Crippen LogP contribution in [0.3, 0.4) is 0 Å². The molecule has 0 N–H and O–H groups in total. The molecule has 1 aliphatic carbocycles. The average Bonchev–Trinajstić information content (AvgIpc) is 3.06. The summed E-state index contributed by atoms with van der Waals surface area (Å²) in [5, 5.41) is 0. The van der Waals surface area contributed by atoms with Crippen molar-refractivity contribution in [3.8, 4) is 0 Å². The lowest BCUT2D eigenvalue weighted by Crippen LogP contribution is -2.48. The number of aryl methyl sites for hydroxylation is 1. The third-order valence-electron chi connectivity index (χ3n) is 7.25. The first-order valence-electron chi connectivity index (χ1n) is 10.3. The Hall–Kier alpha value is -2.13. The highest BCUT2D eigenvalue weighted by Crippen LogP contribution is 2.46. The molecule has 5 rings (SSSR count). The van der Waals surface area contributed by atoms with E-state index in [-0.39, 0.29) is 11.8 Å². The van der Waals surface area contributed by atoms with Crippen molar-refractivity contribution in [3.63, 3.8) is 0 Å². The summed E-state index contributed by atoms with van der Waals surface area (Å²) in [7, 11) is 1.92. The van der Waals surface area contributed by atoms with Gasteiger partial charge < -0.3 is 9.80 Å². The number of likely N-dealkylation sites (tertiary alicyclic amines) is 1. The molecule has 27 heavy (non-hydrogen) atoms. The quantitative estimate of drug-likeness (QED) is 0.813. The smallest absolute Gasteiger partial charge is 0.231 e. The predicted octanol–water partition coefficient (Wildman–Crippen LogP) is 3.80. The van der Waals surface area contributed by atoms with Crippen LogP contribution in [0.25, 0.3) is 0 Å². The fourth-order valence-electron chi connectivity index (χ4n) is 5.66. The van der Waals surface area contributed by atoms with Crippen LogP contribution in [0.1, 0.15) is 36.0 Å². The van der Waals surface area contributed by atoms with Crippen LogP contribution in [0.2, 0.25) is 0 Å². The number of hydrogen-bond acceptors (Lipinski definition) is 2. The Morgan fingerprint density at radius 1 is 0.963 bits per heavy atom. The van der Waals surface area contributed by atoms with E-state index in [1.54, 1.807) is 11.1 Å². The molecule has 3 nitrogen and oxygen atoms in total. The molecule has 1 amide bonds. The van der Waals surface area contributed by atoms with Crippen molar-refractivity contribution in [1.29, 1.82) is 0 Å². The first-order chi connectivity index (χ1) is 13.2. The second-order valence-electron chi connectivity index (χ2n) is 8.67. The van der Waals surface area contributed by atoms with Gasteiger partial charge in [0.2, 0.25) is 5.91 Å². The molecule has 1 spiro atoms. The van der Waals surface area contributed by atoms with E-state index < -0.39 is 0 Å². The van der Waals surface area contributed by atoms with Gasteiger partial charge >= 0.3 is 0 Å². The fourth-order valence-corrected chi connectivity index (χ4v) is 5.66. The van der Waals surface area contributed by atoms with Crippen molar-refractivity contribution in [3.05, 3.63) is 65.2 Å². The zero-order chi connectivity index (χ0) is 18.4. The van der Waals surface area contributed by atoms with E-state index in [9.17, 15) is 4.79 Å². The molecule has 140 valence electrons. The summed E-state index contributed by atoms with van der Waals surface area (Å²) >= 11 is 0. The first kappa shape index (κ1) is 17.0. The molecular formula is C24H28N2O. The Bertz CT molecular complexity index is 866. The number of anilines is 1. The third-order valence-corrected chi connectivity index (χ3v) is 7.25. The Balaban J connectivity index is 1.27. The maximum atomic E-state index is 12.9. The number of amides is 1. The van der Waals surface area contributed by atoms with Crippen molar-refractivity contribution in [1.82, 2.24) is 4.90 Å². The summed E-state index contributed by atoms with van der Waals surface area (Å²) in [6.07, 6.45) is 5.88. The number of nitrogens with zero attached hydrogens (tertiary/aromatic N) is 2. The lowest BCUT2D eigenvalue weighted by molar-refractivity contribution is -0.123. The van der Waals surface area contributed by atoms with Crippen molar-refractivity contribution < 1.29 is 4.79 Å². The molecule has 2 aromatic carbocycles. The zero-order valence-electron chi connectivity index (χ0n) is 16.2. The van der Waals surface area contributed by atoms with Crippen molar-refractivity contribution in [2.24, 2.45) is 5.92 Å². The molecule has 0 radical (unpaired) electrons. The molecule has 0 aromatic heterocycles. The van der Waals surface area contributed by atoms with Gasteiger partial charge in [-0.3, -0.25) is 4.79 Å². The van der Waals surface area contributed by atoms with Crippen molar-refractivity contribution in [2.45, 2.75) is 37.5 Å². The number of piperidine rings is 1. The van der Waals surface area contributed by atoms with Gasteiger partial charge in [0.05, 0.1) is 5.92 Å². The summed E-state index contributed by atoms with van der Waals surface area (Å²) in [6.45, 7) is 3.13. The number of carbonyl (C=O) groups is 1. The van der Waals surface area contributed by atoms with Gasteiger partial charge in [0.1, 0.15) is 0 Å². The third kappa shape index (κ3) is 2.80. The molecule has 2 aromatic rings.